The molecule has 0 radical (unpaired) electrons. The number of hydrogen-bond donors (Lipinski definition) is 1. The average Bonchev–Trinajstić information content (AvgIpc) is 2.50. The predicted molar refractivity (Wildman–Crippen MR) is 91.9 cm³/mol. The van der Waals surface area contributed by atoms with Crippen molar-refractivity contribution in [1.29, 1.82) is 0 Å². The Morgan fingerprint density at radius 2 is 2.09 bits per heavy atom. The van der Waals surface area contributed by atoms with Gasteiger partial charge in [-0.1, -0.05) is 13.8 Å². The SMILES string of the molecule is COCCC(C)(C)CNc1cc(C)nc2ccc([N+](=O)[O-])cc12. The zero-order chi connectivity index (χ0) is 17.0. The molecule has 0 saturated carbocycles. The normalized spacial score (nSPS) is 11.7. The van der Waals surface area contributed by atoms with Crippen LogP contribution in [0.1, 0.15) is 26.0 Å². The molecule has 1 N–H and O–H groups in total. The minimum atomic E-state index is -0.383. The fourth-order valence-corrected chi connectivity index (χ4v) is 2.41. The average molecular weight is 317 g/mol. The lowest BCUT2D eigenvalue weighted by Crippen LogP contribution is -2.24. The Bertz CT molecular complexity index is 714. The van der Waals surface area contributed by atoms with Crippen LogP contribution in [0.4, 0.5) is 11.4 Å². The first-order valence-electron chi connectivity index (χ1n) is 7.61. The summed E-state index contributed by atoms with van der Waals surface area (Å²) in [7, 11) is 1.70. The number of non-ortho nitro benzene ring substituents is 1. The van der Waals surface area contributed by atoms with E-state index in [2.05, 4.69) is 24.1 Å². The molecule has 0 aliphatic heterocycles. The van der Waals surface area contributed by atoms with Crippen LogP contribution in [0.15, 0.2) is 24.3 Å². The summed E-state index contributed by atoms with van der Waals surface area (Å²) in [6, 6.07) is 6.69. The summed E-state index contributed by atoms with van der Waals surface area (Å²) < 4.78 is 5.15. The Kier molecular flexibility index (Phi) is 5.15. The molecular formula is C17H23N3O3. The van der Waals surface area contributed by atoms with E-state index in [1.807, 2.05) is 13.0 Å². The first kappa shape index (κ1) is 17.1. The topological polar surface area (TPSA) is 77.3 Å². The number of rotatable bonds is 7. The number of ether oxygens (including phenoxy) is 1. The molecule has 0 bridgehead atoms. The number of pyridine rings is 1. The van der Waals surface area contributed by atoms with E-state index >= 15 is 0 Å². The highest BCUT2D eigenvalue weighted by Gasteiger charge is 2.18. The molecule has 6 heteroatoms. The minimum Gasteiger partial charge on any atom is -0.385 e. The molecule has 0 spiro atoms. The van der Waals surface area contributed by atoms with Crippen molar-refractivity contribution in [2.45, 2.75) is 27.2 Å². The monoisotopic (exact) mass is 317 g/mol. The van der Waals surface area contributed by atoms with Crippen molar-refractivity contribution in [2.24, 2.45) is 5.41 Å². The lowest BCUT2D eigenvalue weighted by atomic mass is 9.89. The Morgan fingerprint density at radius 3 is 2.74 bits per heavy atom. The number of methoxy groups -OCH3 is 1. The fraction of sp³-hybridized carbons (Fsp3) is 0.471. The Labute approximate surface area is 136 Å². The third-order valence-corrected chi connectivity index (χ3v) is 3.87. The van der Waals surface area contributed by atoms with Crippen LogP contribution in [0.5, 0.6) is 0 Å². The van der Waals surface area contributed by atoms with E-state index in [4.69, 9.17) is 4.74 Å². The Balaban J connectivity index is 2.31. The molecule has 0 aliphatic carbocycles. The molecule has 2 rings (SSSR count). The molecule has 1 aromatic heterocycles. The van der Waals surface area contributed by atoms with E-state index in [9.17, 15) is 10.1 Å². The fourth-order valence-electron chi connectivity index (χ4n) is 2.41. The van der Waals surface area contributed by atoms with Crippen LogP contribution in [-0.2, 0) is 4.74 Å². The number of nitro benzene ring substituents is 1. The number of nitro groups is 1. The van der Waals surface area contributed by atoms with Gasteiger partial charge >= 0.3 is 0 Å². The molecule has 0 unspecified atom stereocenters. The summed E-state index contributed by atoms with van der Waals surface area (Å²) in [5, 5.41) is 15.2. The van der Waals surface area contributed by atoms with Gasteiger partial charge < -0.3 is 10.1 Å². The van der Waals surface area contributed by atoms with Gasteiger partial charge in [-0.05, 0) is 30.9 Å². The van der Waals surface area contributed by atoms with E-state index in [1.54, 1.807) is 19.2 Å². The van der Waals surface area contributed by atoms with Crippen LogP contribution < -0.4 is 5.32 Å². The van der Waals surface area contributed by atoms with E-state index in [0.29, 0.717) is 6.61 Å². The standard InChI is InChI=1S/C17H23N3O3/c1-12-9-16(18-11-17(2,3)7-8-23-4)14-10-13(20(21)22)5-6-15(14)19-12/h5-6,9-10H,7-8,11H2,1-4H3,(H,18,19). The highest BCUT2D eigenvalue weighted by atomic mass is 16.6. The van der Waals surface area contributed by atoms with Gasteiger partial charge in [-0.3, -0.25) is 15.1 Å². The van der Waals surface area contributed by atoms with Gasteiger partial charge in [-0.2, -0.15) is 0 Å². The quantitative estimate of drug-likeness (QED) is 0.618. The molecule has 23 heavy (non-hydrogen) atoms. The summed E-state index contributed by atoms with van der Waals surface area (Å²) in [5.74, 6) is 0. The first-order valence-corrected chi connectivity index (χ1v) is 7.61. The lowest BCUT2D eigenvalue weighted by molar-refractivity contribution is -0.384. The molecule has 2 aromatic rings. The van der Waals surface area contributed by atoms with Crippen LogP contribution in [0.25, 0.3) is 10.9 Å². The number of anilines is 1. The maximum absolute atomic E-state index is 11.0. The number of aromatic nitrogens is 1. The van der Waals surface area contributed by atoms with Crippen molar-refractivity contribution >= 4 is 22.3 Å². The van der Waals surface area contributed by atoms with Crippen molar-refractivity contribution in [1.82, 2.24) is 4.98 Å². The molecule has 0 saturated heterocycles. The van der Waals surface area contributed by atoms with Gasteiger partial charge in [-0.15, -0.1) is 0 Å². The summed E-state index contributed by atoms with van der Waals surface area (Å²) in [6.07, 6.45) is 0.929. The summed E-state index contributed by atoms with van der Waals surface area (Å²) >= 11 is 0. The van der Waals surface area contributed by atoms with Crippen molar-refractivity contribution in [3.63, 3.8) is 0 Å². The zero-order valence-corrected chi connectivity index (χ0v) is 14.0. The smallest absolute Gasteiger partial charge is 0.270 e. The highest BCUT2D eigenvalue weighted by Crippen LogP contribution is 2.29. The van der Waals surface area contributed by atoms with Gasteiger partial charge in [0.15, 0.2) is 0 Å². The number of hydrogen-bond acceptors (Lipinski definition) is 5. The molecule has 1 heterocycles. The second-order valence-electron chi connectivity index (χ2n) is 6.53. The van der Waals surface area contributed by atoms with Crippen molar-refractivity contribution in [3.05, 3.63) is 40.1 Å². The van der Waals surface area contributed by atoms with Crippen LogP contribution >= 0.6 is 0 Å². The molecule has 6 nitrogen and oxygen atoms in total. The first-order chi connectivity index (χ1) is 10.8. The number of benzene rings is 1. The van der Waals surface area contributed by atoms with Crippen LogP contribution in [-0.4, -0.2) is 30.2 Å². The molecule has 0 fully saturated rings. The predicted octanol–water partition coefficient (Wildman–Crippen LogP) is 3.93. The Morgan fingerprint density at radius 1 is 1.35 bits per heavy atom. The summed E-state index contributed by atoms with van der Waals surface area (Å²) in [4.78, 5) is 15.1. The van der Waals surface area contributed by atoms with Gasteiger partial charge in [0.1, 0.15) is 0 Å². The van der Waals surface area contributed by atoms with Gasteiger partial charge in [-0.25, -0.2) is 0 Å². The maximum atomic E-state index is 11.0. The molecule has 0 amide bonds. The number of aryl methyl sites for hydroxylation is 1. The van der Waals surface area contributed by atoms with Crippen molar-refractivity contribution in [3.8, 4) is 0 Å². The molecular weight excluding hydrogens is 294 g/mol. The van der Waals surface area contributed by atoms with Gasteiger partial charge in [0.05, 0.1) is 10.4 Å². The molecule has 124 valence electrons. The van der Waals surface area contributed by atoms with Crippen molar-refractivity contribution < 1.29 is 9.66 Å². The van der Waals surface area contributed by atoms with Gasteiger partial charge in [0.25, 0.3) is 5.69 Å². The number of fused-ring (bicyclic) bond motifs is 1. The maximum Gasteiger partial charge on any atom is 0.270 e. The van der Waals surface area contributed by atoms with E-state index in [1.165, 1.54) is 6.07 Å². The largest absolute Gasteiger partial charge is 0.385 e. The van der Waals surface area contributed by atoms with Crippen molar-refractivity contribution in [2.75, 3.05) is 25.6 Å². The van der Waals surface area contributed by atoms with Crippen LogP contribution in [0.3, 0.4) is 0 Å². The lowest BCUT2D eigenvalue weighted by Gasteiger charge is -2.25. The third-order valence-electron chi connectivity index (χ3n) is 3.87. The molecule has 1 aromatic carbocycles. The number of nitrogens with one attached hydrogen (secondary N) is 1. The second kappa shape index (κ2) is 6.91. The Hall–Kier alpha value is -2.21. The summed E-state index contributed by atoms with van der Waals surface area (Å²) in [6.45, 7) is 7.70. The van der Waals surface area contributed by atoms with E-state index < -0.39 is 0 Å². The third kappa shape index (κ3) is 4.39. The van der Waals surface area contributed by atoms with Crippen LogP contribution in [0, 0.1) is 22.5 Å². The summed E-state index contributed by atoms with van der Waals surface area (Å²) in [5.41, 5.74) is 2.64. The number of nitrogens with zero attached hydrogens (tertiary/aromatic N) is 2. The van der Waals surface area contributed by atoms with E-state index in [0.717, 1.165) is 35.2 Å². The van der Waals surface area contributed by atoms with Crippen LogP contribution in [0.2, 0.25) is 0 Å². The van der Waals surface area contributed by atoms with Gasteiger partial charge in [0.2, 0.25) is 0 Å². The molecule has 0 atom stereocenters. The zero-order valence-electron chi connectivity index (χ0n) is 14.0. The van der Waals surface area contributed by atoms with Gasteiger partial charge in [0, 0.05) is 49.2 Å². The second-order valence-corrected chi connectivity index (χ2v) is 6.53. The molecule has 0 aliphatic rings. The minimum absolute atomic E-state index is 0.0558. The van der Waals surface area contributed by atoms with E-state index in [-0.39, 0.29) is 16.0 Å². The highest BCUT2D eigenvalue weighted by molar-refractivity contribution is 5.93.